The van der Waals surface area contributed by atoms with Gasteiger partial charge < -0.3 is 14.2 Å². The number of hydrogen-bond donors (Lipinski definition) is 0. The van der Waals surface area contributed by atoms with E-state index in [9.17, 15) is 4.79 Å². The lowest BCUT2D eigenvalue weighted by atomic mass is 9.71. The standard InChI is InChI=1S/C15H15ClO4/c1-13(2)18-11-10-5-8-15(16,12(11)19-13)20-14(10)6-3-9(17)4-7-14/h3-8,10-12H,1-2H3/t10-,11+,12+,15+/m1/s1. The van der Waals surface area contributed by atoms with Crippen LogP contribution in [0, 0.1) is 5.92 Å². The molecule has 5 heteroatoms. The smallest absolute Gasteiger partial charge is 0.190 e. The highest BCUT2D eigenvalue weighted by Crippen LogP contribution is 2.55. The van der Waals surface area contributed by atoms with Crippen molar-refractivity contribution >= 4 is 17.4 Å². The van der Waals surface area contributed by atoms with Crippen molar-refractivity contribution in [3.05, 3.63) is 36.5 Å². The summed E-state index contributed by atoms with van der Waals surface area (Å²) < 4.78 is 18.0. The normalized spacial score (nSPS) is 46.1. The van der Waals surface area contributed by atoms with Crippen LogP contribution in [-0.2, 0) is 19.0 Å². The number of carbonyl (C=O) groups is 1. The van der Waals surface area contributed by atoms with Crippen LogP contribution in [0.25, 0.3) is 0 Å². The van der Waals surface area contributed by atoms with E-state index in [2.05, 4.69) is 0 Å². The Balaban J connectivity index is 1.80. The van der Waals surface area contributed by atoms with Crippen molar-refractivity contribution in [2.45, 2.75) is 42.5 Å². The molecule has 0 N–H and O–H groups in total. The van der Waals surface area contributed by atoms with Gasteiger partial charge in [0.2, 0.25) is 0 Å². The predicted molar refractivity (Wildman–Crippen MR) is 72.1 cm³/mol. The number of ether oxygens (including phenoxy) is 3. The number of halogens is 1. The molecule has 2 saturated heterocycles. The molecule has 0 saturated carbocycles. The second kappa shape index (κ2) is 3.63. The molecule has 0 amide bonds. The molecule has 0 aromatic heterocycles. The highest BCUT2D eigenvalue weighted by Gasteiger charge is 2.66. The maximum absolute atomic E-state index is 11.4. The van der Waals surface area contributed by atoms with Gasteiger partial charge in [-0.2, -0.15) is 0 Å². The van der Waals surface area contributed by atoms with E-state index >= 15 is 0 Å². The van der Waals surface area contributed by atoms with E-state index in [4.69, 9.17) is 25.8 Å². The number of ketones is 1. The molecule has 20 heavy (non-hydrogen) atoms. The van der Waals surface area contributed by atoms with Gasteiger partial charge in [-0.3, -0.25) is 4.79 Å². The minimum atomic E-state index is -1.07. The Morgan fingerprint density at radius 1 is 1.15 bits per heavy atom. The minimum Gasteiger partial charge on any atom is -0.344 e. The summed E-state index contributed by atoms with van der Waals surface area (Å²) in [6, 6.07) is 0. The lowest BCUT2D eigenvalue weighted by molar-refractivity contribution is -0.182. The minimum absolute atomic E-state index is 0.0475. The van der Waals surface area contributed by atoms with E-state index in [0.29, 0.717) is 0 Å². The van der Waals surface area contributed by atoms with Crippen LogP contribution in [0.2, 0.25) is 0 Å². The summed E-state index contributed by atoms with van der Waals surface area (Å²) in [7, 11) is 0. The Morgan fingerprint density at radius 2 is 1.85 bits per heavy atom. The molecule has 0 aromatic carbocycles. The molecule has 1 spiro atoms. The third-order valence-electron chi connectivity index (χ3n) is 4.27. The molecular formula is C15H15ClO4. The molecule has 3 aliphatic heterocycles. The monoisotopic (exact) mass is 294 g/mol. The van der Waals surface area contributed by atoms with Gasteiger partial charge in [-0.1, -0.05) is 17.7 Å². The quantitative estimate of drug-likeness (QED) is 0.507. The fourth-order valence-corrected chi connectivity index (χ4v) is 3.83. The number of rotatable bonds is 0. The summed E-state index contributed by atoms with van der Waals surface area (Å²) in [6.45, 7) is 3.74. The summed E-state index contributed by atoms with van der Waals surface area (Å²) in [4.78, 5) is 11.4. The van der Waals surface area contributed by atoms with Gasteiger partial charge in [-0.15, -0.1) is 0 Å². The van der Waals surface area contributed by atoms with Crippen molar-refractivity contribution < 1.29 is 19.0 Å². The van der Waals surface area contributed by atoms with E-state index in [-0.39, 0.29) is 23.9 Å². The van der Waals surface area contributed by atoms with Crippen LogP contribution in [0.1, 0.15) is 13.8 Å². The van der Waals surface area contributed by atoms with Gasteiger partial charge in [-0.25, -0.2) is 0 Å². The third-order valence-corrected chi connectivity index (χ3v) is 4.69. The van der Waals surface area contributed by atoms with Crippen molar-refractivity contribution in [2.75, 3.05) is 0 Å². The van der Waals surface area contributed by atoms with E-state index in [1.54, 1.807) is 12.2 Å². The summed E-state index contributed by atoms with van der Waals surface area (Å²) in [6.07, 6.45) is 9.87. The third kappa shape index (κ3) is 1.56. The molecule has 5 aliphatic rings. The Bertz CT molecular complexity index is 560. The number of allylic oxidation sites excluding steroid dienone is 2. The molecule has 0 radical (unpaired) electrons. The Kier molecular flexibility index (Phi) is 2.32. The maximum Gasteiger partial charge on any atom is 0.190 e. The topological polar surface area (TPSA) is 44.8 Å². The first kappa shape index (κ1) is 12.8. The second-order valence-corrected chi connectivity index (χ2v) is 6.72. The molecule has 2 bridgehead atoms. The summed E-state index contributed by atoms with van der Waals surface area (Å²) in [5, 5.41) is -1.07. The molecule has 5 rings (SSSR count). The molecule has 4 atom stereocenters. The predicted octanol–water partition coefficient (Wildman–Crippen LogP) is 2.09. The lowest BCUT2D eigenvalue weighted by Crippen LogP contribution is -2.64. The summed E-state index contributed by atoms with van der Waals surface area (Å²) >= 11 is 6.62. The van der Waals surface area contributed by atoms with E-state index in [0.717, 1.165) is 0 Å². The van der Waals surface area contributed by atoms with Gasteiger partial charge in [0.15, 0.2) is 16.6 Å². The summed E-state index contributed by atoms with van der Waals surface area (Å²) in [5.74, 6) is -0.795. The summed E-state index contributed by atoms with van der Waals surface area (Å²) in [5.41, 5.74) is -0.727. The maximum atomic E-state index is 11.4. The Hall–Kier alpha value is -0.940. The number of carbonyl (C=O) groups excluding carboxylic acids is 1. The van der Waals surface area contributed by atoms with Crippen LogP contribution in [0.3, 0.4) is 0 Å². The fourth-order valence-electron chi connectivity index (χ4n) is 3.46. The average Bonchev–Trinajstić information content (AvgIpc) is 2.70. The number of hydrogen-bond acceptors (Lipinski definition) is 4. The van der Waals surface area contributed by atoms with E-state index in [1.165, 1.54) is 12.2 Å². The van der Waals surface area contributed by atoms with Crippen LogP contribution in [0.5, 0.6) is 0 Å². The van der Waals surface area contributed by atoms with E-state index in [1.807, 2.05) is 26.0 Å². The van der Waals surface area contributed by atoms with Gasteiger partial charge in [0.05, 0.1) is 0 Å². The first-order valence-electron chi connectivity index (χ1n) is 6.70. The van der Waals surface area contributed by atoms with Crippen molar-refractivity contribution in [2.24, 2.45) is 5.92 Å². The second-order valence-electron chi connectivity index (χ2n) is 6.13. The van der Waals surface area contributed by atoms with Crippen LogP contribution >= 0.6 is 11.6 Å². The molecule has 0 aromatic rings. The van der Waals surface area contributed by atoms with Crippen LogP contribution < -0.4 is 0 Å². The van der Waals surface area contributed by atoms with Crippen molar-refractivity contribution in [3.63, 3.8) is 0 Å². The van der Waals surface area contributed by atoms with Gasteiger partial charge >= 0.3 is 0 Å². The van der Waals surface area contributed by atoms with E-state index < -0.39 is 16.4 Å². The van der Waals surface area contributed by atoms with Crippen molar-refractivity contribution in [1.29, 1.82) is 0 Å². The molecule has 106 valence electrons. The first-order valence-corrected chi connectivity index (χ1v) is 7.08. The molecule has 2 aliphatic carbocycles. The molecule has 0 unspecified atom stereocenters. The largest absolute Gasteiger partial charge is 0.344 e. The van der Waals surface area contributed by atoms with Crippen LogP contribution in [0.4, 0.5) is 0 Å². The Morgan fingerprint density at radius 3 is 2.55 bits per heavy atom. The zero-order valence-corrected chi connectivity index (χ0v) is 12.0. The lowest BCUT2D eigenvalue weighted by Gasteiger charge is -2.53. The molecule has 4 nitrogen and oxygen atoms in total. The van der Waals surface area contributed by atoms with Gasteiger partial charge in [0.1, 0.15) is 17.8 Å². The first-order chi connectivity index (χ1) is 9.34. The number of alkyl halides is 1. The van der Waals surface area contributed by atoms with Gasteiger partial charge in [0.25, 0.3) is 0 Å². The molecule has 2 fully saturated rings. The zero-order valence-electron chi connectivity index (χ0n) is 11.2. The molecule has 3 heterocycles. The van der Waals surface area contributed by atoms with Crippen molar-refractivity contribution in [1.82, 2.24) is 0 Å². The average molecular weight is 295 g/mol. The fraction of sp³-hybridized carbons (Fsp3) is 0.533. The highest BCUT2D eigenvalue weighted by molar-refractivity contribution is 6.25. The van der Waals surface area contributed by atoms with Crippen molar-refractivity contribution in [3.8, 4) is 0 Å². The van der Waals surface area contributed by atoms with Crippen LogP contribution in [-0.4, -0.2) is 34.4 Å². The zero-order chi connectivity index (χ0) is 14.2. The van der Waals surface area contributed by atoms with Crippen LogP contribution in [0.15, 0.2) is 36.5 Å². The SMILES string of the molecule is CC1(C)O[C@H]2[C@H]3C=C[C@](Cl)(OC34C=CC(=O)C=C4)[C@H]2O1. The highest BCUT2D eigenvalue weighted by atomic mass is 35.5. The molecular weight excluding hydrogens is 280 g/mol. The van der Waals surface area contributed by atoms with Gasteiger partial charge in [-0.05, 0) is 44.2 Å². The Labute approximate surface area is 122 Å². The van der Waals surface area contributed by atoms with Gasteiger partial charge in [0, 0.05) is 5.92 Å².